The van der Waals surface area contributed by atoms with Gasteiger partial charge < -0.3 is 9.26 Å². The highest BCUT2D eigenvalue weighted by molar-refractivity contribution is 5.98. The Morgan fingerprint density at radius 3 is 2.78 bits per heavy atom. The fraction of sp³-hybridized carbons (Fsp3) is 0.105. The number of hydrogen-bond acceptors (Lipinski definition) is 5. The number of aromatic nitrogens is 3. The second kappa shape index (κ2) is 6.99. The van der Waals surface area contributed by atoms with Crippen LogP contribution in [0.2, 0.25) is 0 Å². The van der Waals surface area contributed by atoms with Crippen molar-refractivity contribution in [3.63, 3.8) is 0 Å². The van der Waals surface area contributed by atoms with Crippen LogP contribution in [0.5, 0.6) is 0 Å². The van der Waals surface area contributed by atoms with Gasteiger partial charge in [-0.15, -0.1) is 0 Å². The molecule has 2 aromatic heterocycles. The van der Waals surface area contributed by atoms with Gasteiger partial charge in [0.05, 0.1) is 10.9 Å². The van der Waals surface area contributed by atoms with Crippen molar-refractivity contribution in [2.45, 2.75) is 13.2 Å². The van der Waals surface area contributed by atoms with Crippen molar-refractivity contribution in [1.29, 1.82) is 0 Å². The smallest absolute Gasteiger partial charge is 0.338 e. The predicted octanol–water partition coefficient (Wildman–Crippen LogP) is 4.44. The van der Waals surface area contributed by atoms with Crippen LogP contribution in [-0.2, 0) is 11.3 Å². The third kappa shape index (κ3) is 3.29. The van der Waals surface area contributed by atoms with Gasteiger partial charge in [0.15, 0.2) is 11.6 Å². The Morgan fingerprint density at radius 1 is 1.19 bits per heavy atom. The molecule has 0 saturated carbocycles. The largest absolute Gasteiger partial charge is 0.454 e. The first-order valence-corrected chi connectivity index (χ1v) is 8.05. The molecule has 0 N–H and O–H groups in total. The van der Waals surface area contributed by atoms with E-state index in [0.717, 1.165) is 11.8 Å². The minimum absolute atomic E-state index is 0.0330. The molecule has 27 heavy (non-hydrogen) atoms. The molecule has 4 rings (SSSR count). The summed E-state index contributed by atoms with van der Waals surface area (Å²) in [5.74, 6) is -0.149. The van der Waals surface area contributed by atoms with Gasteiger partial charge in [0.1, 0.15) is 12.1 Å². The highest BCUT2D eigenvalue weighted by atomic mass is 19.3. The summed E-state index contributed by atoms with van der Waals surface area (Å²) in [6.45, 7) is -3.10. The van der Waals surface area contributed by atoms with Crippen LogP contribution < -0.4 is 0 Å². The number of carbonyl (C=O) groups is 1. The van der Waals surface area contributed by atoms with Gasteiger partial charge in [-0.3, -0.25) is 4.57 Å². The first-order valence-electron chi connectivity index (χ1n) is 8.05. The molecular weight excluding hydrogens is 356 g/mol. The molecule has 136 valence electrons. The summed E-state index contributed by atoms with van der Waals surface area (Å²) in [7, 11) is 0. The van der Waals surface area contributed by atoms with Crippen LogP contribution in [0.1, 0.15) is 22.7 Å². The topological polar surface area (TPSA) is 70.2 Å². The van der Waals surface area contributed by atoms with Gasteiger partial charge in [-0.1, -0.05) is 35.5 Å². The molecule has 0 atom stereocenters. The standard InChI is InChI=1S/C19H13F2N3O3/c20-19(21)24-9-8-22-16(24)11-26-18(25)13-6-7-15-14(10-13)17(27-23-15)12-4-2-1-3-5-12/h1-10,19H,11H2. The average molecular weight is 369 g/mol. The van der Waals surface area contributed by atoms with E-state index in [-0.39, 0.29) is 18.0 Å². The van der Waals surface area contributed by atoms with Crippen molar-refractivity contribution >= 4 is 16.9 Å². The molecule has 8 heteroatoms. The van der Waals surface area contributed by atoms with E-state index in [9.17, 15) is 13.6 Å². The van der Waals surface area contributed by atoms with Crippen molar-refractivity contribution in [3.8, 4) is 11.3 Å². The third-order valence-corrected chi connectivity index (χ3v) is 4.04. The highest BCUT2D eigenvalue weighted by Crippen LogP contribution is 2.29. The number of hydrogen-bond donors (Lipinski definition) is 0. The van der Waals surface area contributed by atoms with Gasteiger partial charge in [0.25, 0.3) is 0 Å². The van der Waals surface area contributed by atoms with Crippen LogP contribution in [0, 0.1) is 0 Å². The van der Waals surface area contributed by atoms with Crippen LogP contribution in [0.15, 0.2) is 65.4 Å². The number of carbonyl (C=O) groups excluding carboxylic acids is 1. The summed E-state index contributed by atoms with van der Waals surface area (Å²) in [6, 6.07) is 14.2. The van der Waals surface area contributed by atoms with Crippen molar-refractivity contribution < 1.29 is 22.8 Å². The summed E-state index contributed by atoms with van der Waals surface area (Å²) in [6.07, 6.45) is 2.35. The number of esters is 1. The summed E-state index contributed by atoms with van der Waals surface area (Å²) in [5, 5.41) is 4.65. The van der Waals surface area contributed by atoms with Crippen molar-refractivity contribution in [2.24, 2.45) is 0 Å². The number of ether oxygens (including phenoxy) is 1. The lowest BCUT2D eigenvalue weighted by molar-refractivity contribution is 0.0376. The van der Waals surface area contributed by atoms with Crippen LogP contribution in [0.3, 0.4) is 0 Å². The van der Waals surface area contributed by atoms with Crippen molar-refractivity contribution in [2.75, 3.05) is 0 Å². The Labute approximate surface area is 152 Å². The number of benzene rings is 2. The summed E-state index contributed by atoms with van der Waals surface area (Å²) >= 11 is 0. The lowest BCUT2D eigenvalue weighted by Crippen LogP contribution is -2.10. The second-order valence-electron chi connectivity index (χ2n) is 5.71. The first kappa shape index (κ1) is 16.9. The lowest BCUT2D eigenvalue weighted by atomic mass is 10.1. The van der Waals surface area contributed by atoms with Gasteiger partial charge in [0, 0.05) is 18.0 Å². The van der Waals surface area contributed by atoms with E-state index in [4.69, 9.17) is 9.26 Å². The second-order valence-corrected chi connectivity index (χ2v) is 5.71. The Kier molecular flexibility index (Phi) is 4.37. The van der Waals surface area contributed by atoms with Gasteiger partial charge in [-0.25, -0.2) is 9.78 Å². The van der Waals surface area contributed by atoms with E-state index in [1.54, 1.807) is 18.2 Å². The number of rotatable bonds is 5. The maximum Gasteiger partial charge on any atom is 0.338 e. The van der Waals surface area contributed by atoms with Crippen molar-refractivity contribution in [1.82, 2.24) is 14.7 Å². The van der Waals surface area contributed by atoms with Crippen LogP contribution in [0.25, 0.3) is 22.2 Å². The van der Waals surface area contributed by atoms with Crippen LogP contribution in [-0.4, -0.2) is 20.7 Å². The molecule has 0 aliphatic carbocycles. The Bertz CT molecular complexity index is 1090. The van der Waals surface area contributed by atoms with Gasteiger partial charge in [0.2, 0.25) is 0 Å². The number of fused-ring (bicyclic) bond motifs is 1. The molecule has 0 bridgehead atoms. The summed E-state index contributed by atoms with van der Waals surface area (Å²) < 4.78 is 36.8. The van der Waals surface area contributed by atoms with E-state index < -0.39 is 12.5 Å². The normalized spacial score (nSPS) is 11.2. The number of alkyl halides is 2. The maximum atomic E-state index is 12.8. The van der Waals surface area contributed by atoms with E-state index in [1.165, 1.54) is 6.20 Å². The Hall–Kier alpha value is -3.55. The average Bonchev–Trinajstić information content (AvgIpc) is 3.33. The SMILES string of the molecule is O=C(OCc1nccn1C(F)F)c1ccc2noc(-c3ccccc3)c2c1. The minimum atomic E-state index is -2.75. The minimum Gasteiger partial charge on any atom is -0.454 e. The third-order valence-electron chi connectivity index (χ3n) is 4.04. The number of imidazole rings is 1. The molecule has 6 nitrogen and oxygen atoms in total. The summed E-state index contributed by atoms with van der Waals surface area (Å²) in [5.41, 5.74) is 1.68. The van der Waals surface area contributed by atoms with Gasteiger partial charge >= 0.3 is 12.5 Å². The molecule has 0 fully saturated rings. The Balaban J connectivity index is 1.58. The monoisotopic (exact) mass is 369 g/mol. The fourth-order valence-corrected chi connectivity index (χ4v) is 2.71. The predicted molar refractivity (Wildman–Crippen MR) is 92.0 cm³/mol. The van der Waals surface area contributed by atoms with Gasteiger partial charge in [-0.05, 0) is 18.2 Å². The Morgan fingerprint density at radius 2 is 2.00 bits per heavy atom. The van der Waals surface area contributed by atoms with E-state index in [2.05, 4.69) is 10.1 Å². The molecule has 0 aliphatic rings. The van der Waals surface area contributed by atoms with E-state index >= 15 is 0 Å². The molecule has 0 spiro atoms. The summed E-state index contributed by atoms with van der Waals surface area (Å²) in [4.78, 5) is 16.1. The molecule has 2 aromatic carbocycles. The maximum absolute atomic E-state index is 12.8. The van der Waals surface area contributed by atoms with E-state index in [1.807, 2.05) is 30.3 Å². The van der Waals surface area contributed by atoms with Crippen LogP contribution >= 0.6 is 0 Å². The van der Waals surface area contributed by atoms with Crippen molar-refractivity contribution in [3.05, 3.63) is 72.3 Å². The molecule has 4 aromatic rings. The zero-order chi connectivity index (χ0) is 18.8. The first-order chi connectivity index (χ1) is 13.1. The zero-order valence-corrected chi connectivity index (χ0v) is 13.9. The highest BCUT2D eigenvalue weighted by Gasteiger charge is 2.17. The van der Waals surface area contributed by atoms with Crippen LogP contribution in [0.4, 0.5) is 8.78 Å². The van der Waals surface area contributed by atoms with E-state index in [0.29, 0.717) is 21.2 Å². The number of halogens is 2. The molecule has 0 amide bonds. The molecule has 0 unspecified atom stereocenters. The molecule has 0 radical (unpaired) electrons. The quantitative estimate of drug-likeness (QED) is 0.486. The molecular formula is C19H13F2N3O3. The molecule has 2 heterocycles. The number of nitrogens with zero attached hydrogens (tertiary/aromatic N) is 3. The lowest BCUT2D eigenvalue weighted by Gasteiger charge is -2.07. The van der Waals surface area contributed by atoms with Gasteiger partial charge in [-0.2, -0.15) is 8.78 Å². The zero-order valence-electron chi connectivity index (χ0n) is 13.9. The molecule has 0 saturated heterocycles. The fourth-order valence-electron chi connectivity index (χ4n) is 2.71. The molecule has 0 aliphatic heterocycles.